The van der Waals surface area contributed by atoms with Crippen molar-refractivity contribution in [3.05, 3.63) is 0 Å². The smallest absolute Gasteiger partial charge is 0.0618 e. The fourth-order valence-corrected chi connectivity index (χ4v) is 0. The van der Waals surface area contributed by atoms with Crippen molar-refractivity contribution < 1.29 is 0 Å². The molecule has 0 aliphatic carbocycles. The topological polar surface area (TPSA) is 47.6 Å². The van der Waals surface area contributed by atoms with Gasteiger partial charge in [0.2, 0.25) is 0 Å². The first-order valence-corrected chi connectivity index (χ1v) is 1.54. The lowest BCUT2D eigenvalue weighted by Crippen LogP contribution is -1.38. The fraction of sp³-hybridized carbons (Fsp3) is 0.500. The lowest BCUT2D eigenvalue weighted by atomic mass is 10.6. The third-order valence-electron chi connectivity index (χ3n) is 0.158. The minimum absolute atomic E-state index is 0.625. The van der Waals surface area contributed by atoms with Gasteiger partial charge in [0, 0.05) is 13.0 Å². The summed E-state index contributed by atoms with van der Waals surface area (Å²) in [6.07, 6.45) is 0.625. The summed E-state index contributed by atoms with van der Waals surface area (Å²) in [5, 5.41) is 14.1. The van der Waals surface area contributed by atoms with Crippen molar-refractivity contribution in [1.29, 1.82) is 10.5 Å². The molecule has 0 heterocycles. The maximum Gasteiger partial charge on any atom is 0.0618 e. The van der Waals surface area contributed by atoms with Gasteiger partial charge in [0.1, 0.15) is 0 Å². The van der Waals surface area contributed by atoms with Crippen molar-refractivity contribution in [2.24, 2.45) is 0 Å². The second-order valence-corrected chi connectivity index (χ2v) is 0.512. The Balaban J connectivity index is 0. The van der Waals surface area contributed by atoms with Gasteiger partial charge in [0.05, 0.1) is 6.07 Å². The van der Waals surface area contributed by atoms with Crippen molar-refractivity contribution in [3.8, 4) is 12.6 Å². The Hall–Kier alpha value is -1.02. The average molecular weight is 82.1 g/mol. The number of hydrogen-bond donors (Lipinski definition) is 0. The van der Waals surface area contributed by atoms with E-state index in [1.807, 2.05) is 13.0 Å². The Kier molecular flexibility index (Phi) is 54.5. The summed E-state index contributed by atoms with van der Waals surface area (Å²) in [6, 6.07) is 1.93. The van der Waals surface area contributed by atoms with Crippen molar-refractivity contribution in [3.63, 3.8) is 0 Å². The summed E-state index contributed by atoms with van der Waals surface area (Å²) in [6.45, 7) is 5.32. The summed E-state index contributed by atoms with van der Waals surface area (Å²) in [4.78, 5) is 0. The highest BCUT2D eigenvalue weighted by Gasteiger charge is 1.49. The molecule has 0 bridgehead atoms. The maximum atomic E-state index is 7.62. The molecule has 0 aliphatic heterocycles. The lowest BCUT2D eigenvalue weighted by Gasteiger charge is -1.47. The van der Waals surface area contributed by atoms with E-state index in [9.17, 15) is 0 Å². The highest BCUT2D eigenvalue weighted by Crippen LogP contribution is 1.58. The average Bonchev–Trinajstić information content (AvgIpc) is 1.72. The standard InChI is InChI=1S/C3H5N.CHN/c1-2-3-4;1-2/h2H2,1H3;1H. The fourth-order valence-electron chi connectivity index (χ4n) is 0. The van der Waals surface area contributed by atoms with Crippen molar-refractivity contribution >= 4 is 0 Å². The minimum Gasteiger partial charge on any atom is -0.202 e. The van der Waals surface area contributed by atoms with Crippen molar-refractivity contribution in [2.45, 2.75) is 13.3 Å². The van der Waals surface area contributed by atoms with Crippen molar-refractivity contribution in [1.82, 2.24) is 0 Å². The molecular weight excluding hydrogens is 76.1 g/mol. The van der Waals surface area contributed by atoms with Crippen molar-refractivity contribution in [2.75, 3.05) is 0 Å². The molecule has 2 nitrogen and oxygen atoms in total. The zero-order chi connectivity index (χ0) is 5.41. The first-order valence-electron chi connectivity index (χ1n) is 1.54. The minimum atomic E-state index is 0.625. The van der Waals surface area contributed by atoms with E-state index in [2.05, 4.69) is 6.57 Å². The zero-order valence-corrected chi connectivity index (χ0v) is 3.68. The predicted molar refractivity (Wildman–Crippen MR) is 22.6 cm³/mol. The third kappa shape index (κ3) is 29200. The molecule has 0 rings (SSSR count). The van der Waals surface area contributed by atoms with E-state index < -0.39 is 0 Å². The SMILES string of the molecule is C#N.CCC#N. The molecular formula is C4H6N2. The van der Waals surface area contributed by atoms with Gasteiger partial charge < -0.3 is 0 Å². The Morgan fingerprint density at radius 1 is 1.67 bits per heavy atom. The van der Waals surface area contributed by atoms with Gasteiger partial charge >= 0.3 is 0 Å². The molecule has 2 heteroatoms. The molecule has 32 valence electrons. The predicted octanol–water partition coefficient (Wildman–Crippen LogP) is 1.06. The highest BCUT2D eigenvalue weighted by atomic mass is 14.2. The van der Waals surface area contributed by atoms with E-state index in [4.69, 9.17) is 10.5 Å². The van der Waals surface area contributed by atoms with E-state index in [1.165, 1.54) is 0 Å². The van der Waals surface area contributed by atoms with Crippen LogP contribution >= 0.6 is 0 Å². The monoisotopic (exact) mass is 82.1 g/mol. The summed E-state index contributed by atoms with van der Waals surface area (Å²) in [7, 11) is 0. The second kappa shape index (κ2) is 36.8. The molecule has 0 aromatic heterocycles. The number of nitrogens with zero attached hydrogens (tertiary/aromatic N) is 2. The van der Waals surface area contributed by atoms with Gasteiger partial charge in [-0.25, -0.2) is 5.26 Å². The van der Waals surface area contributed by atoms with Crippen LogP contribution in [0.5, 0.6) is 0 Å². The first-order chi connectivity index (χ1) is 2.91. The lowest BCUT2D eigenvalue weighted by molar-refractivity contribution is 1.22. The number of nitriles is 2. The van der Waals surface area contributed by atoms with Crippen LogP contribution in [0.25, 0.3) is 0 Å². The van der Waals surface area contributed by atoms with E-state index in [0.717, 1.165) is 0 Å². The quantitative estimate of drug-likeness (QED) is 0.438. The van der Waals surface area contributed by atoms with E-state index in [-0.39, 0.29) is 0 Å². The van der Waals surface area contributed by atoms with Crippen LogP contribution in [0, 0.1) is 23.2 Å². The molecule has 0 fully saturated rings. The van der Waals surface area contributed by atoms with E-state index in [0.29, 0.717) is 6.42 Å². The van der Waals surface area contributed by atoms with Crippen LogP contribution in [-0.2, 0) is 0 Å². The Morgan fingerprint density at radius 2 is 1.83 bits per heavy atom. The van der Waals surface area contributed by atoms with E-state index in [1.54, 1.807) is 0 Å². The van der Waals surface area contributed by atoms with E-state index >= 15 is 0 Å². The van der Waals surface area contributed by atoms with Crippen LogP contribution in [-0.4, -0.2) is 0 Å². The zero-order valence-electron chi connectivity index (χ0n) is 3.68. The third-order valence-corrected chi connectivity index (χ3v) is 0.158. The molecule has 0 saturated carbocycles. The second-order valence-electron chi connectivity index (χ2n) is 0.512. The molecule has 0 aliphatic rings. The molecule has 0 aromatic carbocycles. The van der Waals surface area contributed by atoms with Gasteiger partial charge in [-0.05, 0) is 0 Å². The Labute approximate surface area is 37.6 Å². The summed E-state index contributed by atoms with van der Waals surface area (Å²) >= 11 is 0. The molecule has 0 radical (unpaired) electrons. The van der Waals surface area contributed by atoms with Gasteiger partial charge in [0.15, 0.2) is 0 Å². The van der Waals surface area contributed by atoms with Crippen LogP contribution in [0.1, 0.15) is 13.3 Å². The number of hydrogen-bond acceptors (Lipinski definition) is 2. The van der Waals surface area contributed by atoms with Gasteiger partial charge in [-0.15, -0.1) is 0 Å². The van der Waals surface area contributed by atoms with Crippen LogP contribution < -0.4 is 0 Å². The Bertz CT molecular complexity index is 57.7. The maximum absolute atomic E-state index is 7.62. The van der Waals surface area contributed by atoms with Gasteiger partial charge in [-0.2, -0.15) is 5.26 Å². The molecule has 0 atom stereocenters. The highest BCUT2D eigenvalue weighted by molar-refractivity contribution is 4.61. The largest absolute Gasteiger partial charge is 0.202 e. The molecule has 0 saturated heterocycles. The summed E-state index contributed by atoms with van der Waals surface area (Å²) in [5.74, 6) is 0. The molecule has 0 aromatic rings. The molecule has 0 unspecified atom stereocenters. The first kappa shape index (κ1) is 8.88. The number of rotatable bonds is 0. The Morgan fingerprint density at radius 3 is 1.83 bits per heavy atom. The van der Waals surface area contributed by atoms with Crippen LogP contribution in [0.15, 0.2) is 0 Å². The summed E-state index contributed by atoms with van der Waals surface area (Å²) < 4.78 is 0. The van der Waals surface area contributed by atoms with Crippen LogP contribution in [0.4, 0.5) is 0 Å². The summed E-state index contributed by atoms with van der Waals surface area (Å²) in [5.41, 5.74) is 0. The van der Waals surface area contributed by atoms with Gasteiger partial charge in [-0.3, -0.25) is 0 Å². The normalized spacial score (nSPS) is 3.67. The molecule has 0 amide bonds. The van der Waals surface area contributed by atoms with Gasteiger partial charge in [0.25, 0.3) is 0 Å². The molecule has 0 spiro atoms. The molecule has 0 N–H and O–H groups in total. The van der Waals surface area contributed by atoms with Crippen LogP contribution in [0.2, 0.25) is 0 Å². The van der Waals surface area contributed by atoms with Crippen LogP contribution in [0.3, 0.4) is 0 Å². The molecule has 6 heavy (non-hydrogen) atoms. The van der Waals surface area contributed by atoms with Gasteiger partial charge in [-0.1, -0.05) is 6.92 Å².